The van der Waals surface area contributed by atoms with E-state index in [4.69, 9.17) is 0 Å². The number of benzene rings is 1. The first-order chi connectivity index (χ1) is 9.84. The van der Waals surface area contributed by atoms with Gasteiger partial charge in [-0.3, -0.25) is 14.5 Å². The second-order valence-corrected chi connectivity index (χ2v) is 6.23. The zero-order valence-corrected chi connectivity index (χ0v) is 13.8. The van der Waals surface area contributed by atoms with Crippen LogP contribution in [0.5, 0.6) is 0 Å². The smallest absolute Gasteiger partial charge is 0.253 e. The monoisotopic (exact) mass is 356 g/mol. The van der Waals surface area contributed by atoms with E-state index in [1.54, 1.807) is 19.1 Å². The molecule has 1 aliphatic heterocycles. The van der Waals surface area contributed by atoms with Crippen molar-refractivity contribution in [2.75, 3.05) is 4.90 Å². The van der Waals surface area contributed by atoms with E-state index in [0.29, 0.717) is 23.0 Å². The number of amides is 2. The molecular formula is C15H18BrFN2O2. The van der Waals surface area contributed by atoms with Crippen LogP contribution in [0.4, 0.5) is 10.1 Å². The lowest BCUT2D eigenvalue weighted by Gasteiger charge is -2.43. The molecule has 1 aromatic carbocycles. The van der Waals surface area contributed by atoms with Crippen LogP contribution in [0, 0.1) is 5.82 Å². The van der Waals surface area contributed by atoms with Crippen molar-refractivity contribution in [1.29, 1.82) is 0 Å². The van der Waals surface area contributed by atoms with E-state index in [0.717, 1.165) is 0 Å². The standard InChI is InChI=1S/C15H18BrFN2O2/c1-4-12-13(20)18-15(3,5-2)14(21)19(12)9-6-7-10(16)11(17)8-9/h6-8,12H,4-5H2,1-3H3,(H,18,20). The number of carbonyl (C=O) groups is 2. The van der Waals surface area contributed by atoms with Gasteiger partial charge in [-0.05, 0) is 53.9 Å². The van der Waals surface area contributed by atoms with Gasteiger partial charge >= 0.3 is 0 Å². The number of halogens is 2. The predicted octanol–water partition coefficient (Wildman–Crippen LogP) is 3.00. The zero-order chi connectivity index (χ0) is 15.8. The molecule has 2 rings (SSSR count). The highest BCUT2D eigenvalue weighted by molar-refractivity contribution is 9.10. The van der Waals surface area contributed by atoms with Gasteiger partial charge in [0.25, 0.3) is 5.91 Å². The van der Waals surface area contributed by atoms with Gasteiger partial charge in [-0.1, -0.05) is 13.8 Å². The van der Waals surface area contributed by atoms with Crippen LogP contribution in [0.1, 0.15) is 33.6 Å². The first-order valence-corrected chi connectivity index (χ1v) is 7.74. The van der Waals surface area contributed by atoms with Crippen molar-refractivity contribution in [2.45, 2.75) is 45.2 Å². The SMILES string of the molecule is CCC1C(=O)NC(C)(CC)C(=O)N1c1ccc(Br)c(F)c1. The maximum Gasteiger partial charge on any atom is 0.253 e. The third-order valence-corrected chi connectivity index (χ3v) is 4.62. The van der Waals surface area contributed by atoms with Crippen LogP contribution >= 0.6 is 15.9 Å². The van der Waals surface area contributed by atoms with Gasteiger partial charge in [-0.25, -0.2) is 4.39 Å². The lowest BCUT2D eigenvalue weighted by Crippen LogP contribution is -2.69. The van der Waals surface area contributed by atoms with Gasteiger partial charge in [0.15, 0.2) is 0 Å². The first kappa shape index (κ1) is 15.9. The second kappa shape index (κ2) is 5.75. The fourth-order valence-corrected chi connectivity index (χ4v) is 2.72. The Morgan fingerprint density at radius 2 is 2.05 bits per heavy atom. The van der Waals surface area contributed by atoms with Crippen molar-refractivity contribution in [3.8, 4) is 0 Å². The summed E-state index contributed by atoms with van der Waals surface area (Å²) >= 11 is 3.09. The summed E-state index contributed by atoms with van der Waals surface area (Å²) in [6.07, 6.45) is 0.943. The normalized spacial score (nSPS) is 26.0. The highest BCUT2D eigenvalue weighted by atomic mass is 79.9. The van der Waals surface area contributed by atoms with Gasteiger partial charge < -0.3 is 5.32 Å². The molecule has 1 aromatic rings. The zero-order valence-electron chi connectivity index (χ0n) is 12.2. The predicted molar refractivity (Wildman–Crippen MR) is 82.5 cm³/mol. The summed E-state index contributed by atoms with van der Waals surface area (Å²) in [6.45, 7) is 5.36. The topological polar surface area (TPSA) is 49.4 Å². The lowest BCUT2D eigenvalue weighted by atomic mass is 9.90. The van der Waals surface area contributed by atoms with E-state index in [1.807, 2.05) is 13.8 Å². The fourth-order valence-electron chi connectivity index (χ4n) is 2.47. The molecule has 0 aliphatic carbocycles. The number of nitrogens with one attached hydrogen (secondary N) is 1. The van der Waals surface area contributed by atoms with E-state index in [2.05, 4.69) is 21.2 Å². The fraction of sp³-hybridized carbons (Fsp3) is 0.467. The van der Waals surface area contributed by atoms with E-state index < -0.39 is 17.4 Å². The van der Waals surface area contributed by atoms with Crippen molar-refractivity contribution < 1.29 is 14.0 Å². The molecule has 1 fully saturated rings. The molecule has 0 saturated carbocycles. The molecular weight excluding hydrogens is 339 g/mol. The summed E-state index contributed by atoms with van der Waals surface area (Å²) in [5.41, 5.74) is -0.547. The molecule has 2 amide bonds. The first-order valence-electron chi connectivity index (χ1n) is 6.94. The number of nitrogens with zero attached hydrogens (tertiary/aromatic N) is 1. The highest BCUT2D eigenvalue weighted by Gasteiger charge is 2.47. The van der Waals surface area contributed by atoms with E-state index in [9.17, 15) is 14.0 Å². The summed E-state index contributed by atoms with van der Waals surface area (Å²) in [6, 6.07) is 3.85. The minimum atomic E-state index is -0.952. The summed E-state index contributed by atoms with van der Waals surface area (Å²) in [4.78, 5) is 26.5. The molecule has 0 aromatic heterocycles. The van der Waals surface area contributed by atoms with Crippen LogP contribution in [0.3, 0.4) is 0 Å². The Morgan fingerprint density at radius 1 is 1.38 bits per heavy atom. The van der Waals surface area contributed by atoms with Crippen LogP contribution in [0.15, 0.2) is 22.7 Å². The average Bonchev–Trinajstić information content (AvgIpc) is 2.45. The molecule has 0 radical (unpaired) electrons. The van der Waals surface area contributed by atoms with Crippen molar-refractivity contribution in [3.05, 3.63) is 28.5 Å². The molecule has 114 valence electrons. The molecule has 0 spiro atoms. The van der Waals surface area contributed by atoms with Crippen LogP contribution in [-0.4, -0.2) is 23.4 Å². The Hall–Kier alpha value is -1.43. The maximum absolute atomic E-state index is 13.8. The Bertz CT molecular complexity index is 593. The Kier molecular flexibility index (Phi) is 4.37. The van der Waals surface area contributed by atoms with Gasteiger partial charge in [0.2, 0.25) is 5.91 Å². The Morgan fingerprint density at radius 3 is 2.57 bits per heavy atom. The van der Waals surface area contributed by atoms with Crippen molar-refractivity contribution in [2.24, 2.45) is 0 Å². The molecule has 1 N–H and O–H groups in total. The van der Waals surface area contributed by atoms with E-state index in [-0.39, 0.29) is 11.8 Å². The molecule has 4 nitrogen and oxygen atoms in total. The summed E-state index contributed by atoms with van der Waals surface area (Å²) in [5, 5.41) is 2.79. The number of anilines is 1. The molecule has 0 bridgehead atoms. The third kappa shape index (κ3) is 2.69. The number of piperazine rings is 1. The molecule has 21 heavy (non-hydrogen) atoms. The number of rotatable bonds is 3. The molecule has 6 heteroatoms. The number of hydrogen-bond donors (Lipinski definition) is 1. The van der Waals surface area contributed by atoms with Crippen molar-refractivity contribution >= 4 is 33.4 Å². The minimum absolute atomic E-state index is 0.204. The highest BCUT2D eigenvalue weighted by Crippen LogP contribution is 2.30. The number of hydrogen-bond acceptors (Lipinski definition) is 2. The van der Waals surface area contributed by atoms with Crippen LogP contribution < -0.4 is 10.2 Å². The maximum atomic E-state index is 13.8. The second-order valence-electron chi connectivity index (χ2n) is 5.37. The van der Waals surface area contributed by atoms with Gasteiger partial charge in [-0.15, -0.1) is 0 Å². The molecule has 1 aliphatic rings. The Balaban J connectivity index is 2.51. The average molecular weight is 357 g/mol. The van der Waals surface area contributed by atoms with Gasteiger partial charge in [0, 0.05) is 5.69 Å². The van der Waals surface area contributed by atoms with Crippen molar-refractivity contribution in [3.63, 3.8) is 0 Å². The third-order valence-electron chi connectivity index (χ3n) is 3.98. The quantitative estimate of drug-likeness (QED) is 0.904. The number of carbonyl (C=O) groups excluding carboxylic acids is 2. The lowest BCUT2D eigenvalue weighted by molar-refractivity contribution is -0.138. The largest absolute Gasteiger partial charge is 0.340 e. The summed E-state index contributed by atoms with van der Waals surface area (Å²) in [5.74, 6) is -0.873. The summed E-state index contributed by atoms with van der Waals surface area (Å²) in [7, 11) is 0. The van der Waals surface area contributed by atoms with Crippen LogP contribution in [0.25, 0.3) is 0 Å². The van der Waals surface area contributed by atoms with Crippen LogP contribution in [-0.2, 0) is 9.59 Å². The minimum Gasteiger partial charge on any atom is -0.340 e. The molecule has 1 heterocycles. The molecule has 2 atom stereocenters. The van der Waals surface area contributed by atoms with Gasteiger partial charge in [0.05, 0.1) is 4.47 Å². The summed E-state index contributed by atoms with van der Waals surface area (Å²) < 4.78 is 14.1. The van der Waals surface area contributed by atoms with Crippen LogP contribution in [0.2, 0.25) is 0 Å². The van der Waals surface area contributed by atoms with Gasteiger partial charge in [0.1, 0.15) is 17.4 Å². The molecule has 2 unspecified atom stereocenters. The van der Waals surface area contributed by atoms with E-state index in [1.165, 1.54) is 11.0 Å². The Labute approximate surface area is 131 Å². The van der Waals surface area contributed by atoms with E-state index >= 15 is 0 Å². The molecule has 1 saturated heterocycles. The van der Waals surface area contributed by atoms with Crippen molar-refractivity contribution in [1.82, 2.24) is 5.32 Å². The van der Waals surface area contributed by atoms with Gasteiger partial charge in [-0.2, -0.15) is 0 Å².